The maximum absolute atomic E-state index is 13.6. The second-order valence-corrected chi connectivity index (χ2v) is 9.75. The van der Waals surface area contributed by atoms with E-state index in [-0.39, 0.29) is 40.6 Å². The Morgan fingerprint density at radius 2 is 2.18 bits per heavy atom. The Hall–Kier alpha value is -3.69. The van der Waals surface area contributed by atoms with Gasteiger partial charge < -0.3 is 19.1 Å². The number of nitrogens with one attached hydrogen (secondary N) is 2. The van der Waals surface area contributed by atoms with Crippen molar-refractivity contribution in [3.8, 4) is 11.8 Å². The number of halogens is 1. The lowest BCUT2D eigenvalue weighted by Gasteiger charge is -2.26. The van der Waals surface area contributed by atoms with Crippen molar-refractivity contribution in [2.45, 2.75) is 30.7 Å². The number of carbonyl (C=O) groups is 1. The molecule has 2 aromatic heterocycles. The van der Waals surface area contributed by atoms with Crippen LogP contribution in [-0.4, -0.2) is 36.2 Å². The number of carbonyl (C=O) groups excluding carboxylic acids is 1. The minimum absolute atomic E-state index is 0.0419. The van der Waals surface area contributed by atoms with Crippen molar-refractivity contribution in [2.75, 3.05) is 11.9 Å². The van der Waals surface area contributed by atoms with Crippen molar-refractivity contribution in [3.05, 3.63) is 59.0 Å². The average molecular weight is 473 g/mol. The zero-order valence-corrected chi connectivity index (χ0v) is 18.8. The third-order valence-electron chi connectivity index (χ3n) is 5.12. The number of hydrogen-bond donors (Lipinski definition) is 2. The summed E-state index contributed by atoms with van der Waals surface area (Å²) in [7, 11) is -2.55. The molecule has 0 saturated heterocycles. The van der Waals surface area contributed by atoms with Gasteiger partial charge in [-0.25, -0.2) is 17.5 Å². The second-order valence-electron chi connectivity index (χ2n) is 8.10. The lowest BCUT2D eigenvalue weighted by atomic mass is 9.98. The standard InChI is InChI=1S/C21H20FN5O5S/c1-12-6-15(25-32-12)8-21(2)11-31-19-17(33(29,30)26-21)10-27(3)18(19)20(28)24-14-4-5-16(22)13(7-14)9-23/h4-7,10,26H,8,11H2,1-3H3,(H,24,28). The highest BCUT2D eigenvalue weighted by Gasteiger charge is 2.40. The Morgan fingerprint density at radius 1 is 1.42 bits per heavy atom. The summed E-state index contributed by atoms with van der Waals surface area (Å²) in [5, 5.41) is 15.5. The number of benzene rings is 1. The molecular weight excluding hydrogens is 453 g/mol. The lowest BCUT2D eigenvalue weighted by Crippen LogP contribution is -2.50. The molecule has 12 heteroatoms. The smallest absolute Gasteiger partial charge is 0.276 e. The molecule has 2 N–H and O–H groups in total. The van der Waals surface area contributed by atoms with Crippen molar-refractivity contribution in [1.29, 1.82) is 5.26 Å². The third kappa shape index (κ3) is 4.33. The fourth-order valence-corrected chi connectivity index (χ4v) is 5.26. The quantitative estimate of drug-likeness (QED) is 0.592. The first-order valence-electron chi connectivity index (χ1n) is 9.81. The highest BCUT2D eigenvalue weighted by atomic mass is 32.2. The van der Waals surface area contributed by atoms with E-state index in [4.69, 9.17) is 14.5 Å². The summed E-state index contributed by atoms with van der Waals surface area (Å²) in [5.74, 6) is -0.912. The van der Waals surface area contributed by atoms with Crippen molar-refractivity contribution in [3.63, 3.8) is 0 Å². The van der Waals surface area contributed by atoms with Crippen LogP contribution in [0.5, 0.6) is 5.75 Å². The van der Waals surface area contributed by atoms with Crippen LogP contribution < -0.4 is 14.8 Å². The van der Waals surface area contributed by atoms with Gasteiger partial charge in [0.15, 0.2) is 11.4 Å². The summed E-state index contributed by atoms with van der Waals surface area (Å²) in [6, 6.07) is 6.94. The second kappa shape index (κ2) is 8.02. The van der Waals surface area contributed by atoms with Crippen LogP contribution in [0.3, 0.4) is 0 Å². The Morgan fingerprint density at radius 3 is 2.85 bits per heavy atom. The van der Waals surface area contributed by atoms with Crippen molar-refractivity contribution in [1.82, 2.24) is 14.4 Å². The number of hydrogen-bond acceptors (Lipinski definition) is 7. The molecule has 1 amide bonds. The Balaban J connectivity index is 1.66. The molecule has 33 heavy (non-hydrogen) atoms. The van der Waals surface area contributed by atoms with E-state index in [1.165, 1.54) is 29.9 Å². The van der Waals surface area contributed by atoms with E-state index in [9.17, 15) is 17.6 Å². The van der Waals surface area contributed by atoms with Crippen LogP contribution in [0, 0.1) is 24.1 Å². The monoisotopic (exact) mass is 473 g/mol. The first-order chi connectivity index (χ1) is 15.5. The van der Waals surface area contributed by atoms with Crippen LogP contribution in [0.25, 0.3) is 0 Å². The first-order valence-corrected chi connectivity index (χ1v) is 11.3. The number of aryl methyl sites for hydroxylation is 2. The molecule has 1 atom stereocenters. The van der Waals surface area contributed by atoms with Crippen LogP contribution in [-0.2, 0) is 23.5 Å². The largest absolute Gasteiger partial charge is 0.488 e. The van der Waals surface area contributed by atoms with Gasteiger partial charge in [-0.2, -0.15) is 5.26 Å². The van der Waals surface area contributed by atoms with Gasteiger partial charge in [0.1, 0.15) is 29.1 Å². The predicted molar refractivity (Wildman–Crippen MR) is 114 cm³/mol. The summed E-state index contributed by atoms with van der Waals surface area (Å²) in [4.78, 5) is 12.8. The van der Waals surface area contributed by atoms with Gasteiger partial charge in [-0.3, -0.25) is 4.79 Å². The molecule has 0 fully saturated rings. The topological polar surface area (TPSA) is 139 Å². The molecule has 0 radical (unpaired) electrons. The zero-order chi connectivity index (χ0) is 24.0. The van der Waals surface area contributed by atoms with Gasteiger partial charge in [0, 0.05) is 31.4 Å². The van der Waals surface area contributed by atoms with E-state index in [1.54, 1.807) is 26.0 Å². The van der Waals surface area contributed by atoms with E-state index < -0.39 is 27.3 Å². The maximum atomic E-state index is 13.6. The van der Waals surface area contributed by atoms with Gasteiger partial charge in [-0.1, -0.05) is 5.16 Å². The lowest BCUT2D eigenvalue weighted by molar-refractivity contribution is 0.101. The number of aromatic nitrogens is 2. The minimum Gasteiger partial charge on any atom is -0.488 e. The number of ether oxygens (including phenoxy) is 1. The van der Waals surface area contributed by atoms with Crippen molar-refractivity contribution in [2.24, 2.45) is 7.05 Å². The number of nitriles is 1. The Kier molecular flexibility index (Phi) is 5.47. The van der Waals surface area contributed by atoms with E-state index in [2.05, 4.69) is 15.2 Å². The van der Waals surface area contributed by atoms with Gasteiger partial charge >= 0.3 is 0 Å². The van der Waals surface area contributed by atoms with E-state index in [0.29, 0.717) is 11.5 Å². The molecule has 10 nitrogen and oxygen atoms in total. The molecule has 3 aromatic rings. The third-order valence-corrected chi connectivity index (χ3v) is 6.75. The molecule has 1 aromatic carbocycles. The highest BCUT2D eigenvalue weighted by Crippen LogP contribution is 2.35. The van der Waals surface area contributed by atoms with E-state index in [0.717, 1.165) is 6.07 Å². The Labute approximate surface area is 189 Å². The fraction of sp³-hybridized carbons (Fsp3) is 0.286. The summed E-state index contributed by atoms with van der Waals surface area (Å²) >= 11 is 0. The van der Waals surface area contributed by atoms with Crippen LogP contribution in [0.2, 0.25) is 0 Å². The van der Waals surface area contributed by atoms with Crippen LogP contribution in [0.15, 0.2) is 39.9 Å². The predicted octanol–water partition coefficient (Wildman–Crippen LogP) is 2.26. The van der Waals surface area contributed by atoms with Gasteiger partial charge in [0.2, 0.25) is 10.0 Å². The number of fused-ring (bicyclic) bond motifs is 1. The van der Waals surface area contributed by atoms with Crippen molar-refractivity contribution >= 4 is 21.6 Å². The Bertz CT molecular complexity index is 1400. The van der Waals surface area contributed by atoms with E-state index in [1.807, 2.05) is 0 Å². The first kappa shape index (κ1) is 22.5. The summed E-state index contributed by atoms with van der Waals surface area (Å²) in [6.07, 6.45) is 1.48. The molecule has 172 valence electrons. The summed E-state index contributed by atoms with van der Waals surface area (Å²) in [6.45, 7) is 3.32. The minimum atomic E-state index is -4.05. The summed E-state index contributed by atoms with van der Waals surface area (Å²) in [5.41, 5.74) is -0.607. The number of anilines is 1. The van der Waals surface area contributed by atoms with Crippen LogP contribution in [0.4, 0.5) is 10.1 Å². The van der Waals surface area contributed by atoms with Gasteiger partial charge in [0.25, 0.3) is 5.91 Å². The number of amides is 1. The maximum Gasteiger partial charge on any atom is 0.276 e. The van der Waals surface area contributed by atoms with Gasteiger partial charge in [-0.05, 0) is 32.0 Å². The van der Waals surface area contributed by atoms with Gasteiger partial charge in [-0.15, -0.1) is 0 Å². The molecule has 4 rings (SSSR count). The average Bonchev–Trinajstić information content (AvgIpc) is 3.27. The highest BCUT2D eigenvalue weighted by molar-refractivity contribution is 7.89. The molecule has 0 saturated carbocycles. The SMILES string of the molecule is Cc1cc(CC2(C)COc3c(cn(C)c3C(=O)Nc3ccc(F)c(C#N)c3)S(=O)(=O)N2)no1. The van der Waals surface area contributed by atoms with Crippen LogP contribution >= 0.6 is 0 Å². The molecule has 0 spiro atoms. The van der Waals surface area contributed by atoms with Crippen molar-refractivity contribution < 1.29 is 26.9 Å². The van der Waals surface area contributed by atoms with Gasteiger partial charge in [0.05, 0.1) is 16.8 Å². The normalized spacial score (nSPS) is 19.1. The number of nitrogens with zero attached hydrogens (tertiary/aromatic N) is 3. The fourth-order valence-electron chi connectivity index (χ4n) is 3.68. The number of sulfonamides is 1. The molecular formula is C21H20FN5O5S. The molecule has 0 bridgehead atoms. The van der Waals surface area contributed by atoms with E-state index >= 15 is 0 Å². The zero-order valence-electron chi connectivity index (χ0n) is 18.0. The summed E-state index contributed by atoms with van der Waals surface area (Å²) < 4.78 is 54.7. The molecule has 0 aliphatic carbocycles. The molecule has 3 heterocycles. The van der Waals surface area contributed by atoms with Crippen LogP contribution in [0.1, 0.15) is 34.4 Å². The molecule has 1 aliphatic heterocycles. The molecule has 1 unspecified atom stereocenters. The molecule has 1 aliphatic rings. The number of rotatable bonds is 4.